The Morgan fingerprint density at radius 2 is 1.80 bits per heavy atom. The summed E-state index contributed by atoms with van der Waals surface area (Å²) in [6.07, 6.45) is 0. The van der Waals surface area contributed by atoms with Gasteiger partial charge in [-0.05, 0) is 30.3 Å². The lowest BCUT2D eigenvalue weighted by molar-refractivity contribution is 0.0827. The zero-order chi connectivity index (χ0) is 22.1. The van der Waals surface area contributed by atoms with Crippen molar-refractivity contribution in [3.63, 3.8) is 0 Å². The third-order valence-corrected chi connectivity index (χ3v) is 4.70. The Balaban J connectivity index is 1.93. The molecule has 1 N–H and O–H groups in total. The van der Waals surface area contributed by atoms with E-state index in [1.54, 1.807) is 56.6 Å². The van der Waals surface area contributed by atoms with E-state index in [1.165, 1.54) is 4.90 Å². The lowest BCUT2D eigenvalue weighted by atomic mass is 9.96. The lowest BCUT2D eigenvalue weighted by Crippen LogP contribution is -2.22. The number of rotatable bonds is 4. The molecular formula is C22H23ClN4O3. The van der Waals surface area contributed by atoms with Crippen LogP contribution in [-0.2, 0) is 5.41 Å². The summed E-state index contributed by atoms with van der Waals surface area (Å²) >= 11 is 6.24. The molecule has 7 nitrogen and oxygen atoms in total. The highest BCUT2D eigenvalue weighted by Crippen LogP contribution is 2.28. The fraction of sp³-hybridized carbons (Fsp3) is 0.273. The number of nitrogens with one attached hydrogen (secondary N) is 1. The van der Waals surface area contributed by atoms with Crippen molar-refractivity contribution in [1.82, 2.24) is 15.0 Å². The van der Waals surface area contributed by atoms with Crippen LogP contribution in [-0.4, -0.2) is 41.0 Å². The molecule has 0 bridgehead atoms. The molecule has 2 amide bonds. The monoisotopic (exact) mass is 426 g/mol. The van der Waals surface area contributed by atoms with Crippen LogP contribution in [0, 0.1) is 0 Å². The van der Waals surface area contributed by atoms with E-state index in [1.807, 2.05) is 20.8 Å². The minimum Gasteiger partial charge on any atom is -0.345 e. The molecule has 0 spiro atoms. The first-order valence-electron chi connectivity index (χ1n) is 9.34. The number of carbonyl (C=O) groups excluding carboxylic acids is 2. The molecule has 156 valence electrons. The van der Waals surface area contributed by atoms with E-state index in [4.69, 9.17) is 16.1 Å². The van der Waals surface area contributed by atoms with E-state index in [2.05, 4.69) is 15.5 Å². The number of halogens is 1. The topological polar surface area (TPSA) is 88.3 Å². The largest absolute Gasteiger partial charge is 0.345 e. The molecule has 0 atom stereocenters. The molecule has 0 saturated carbocycles. The van der Waals surface area contributed by atoms with E-state index in [-0.39, 0.29) is 17.2 Å². The fourth-order valence-electron chi connectivity index (χ4n) is 2.71. The molecule has 2 aromatic carbocycles. The average molecular weight is 427 g/mol. The number of nitrogens with zero attached hydrogens (tertiary/aromatic N) is 3. The standard InChI is InChI=1S/C22H23ClN4O3/c1-22(2,3)21-25-19(30-26-21)15-9-7-6-8-14(15)18(28)24-17-12-13(10-11-16(17)23)20(29)27(4)5/h6-12H,1-5H3,(H,24,28). The maximum Gasteiger partial charge on any atom is 0.258 e. The molecule has 0 radical (unpaired) electrons. The number of hydrogen-bond acceptors (Lipinski definition) is 5. The predicted octanol–water partition coefficient (Wildman–Crippen LogP) is 4.64. The van der Waals surface area contributed by atoms with Crippen LogP contribution in [0.25, 0.3) is 11.5 Å². The van der Waals surface area contributed by atoms with Gasteiger partial charge in [0, 0.05) is 25.1 Å². The van der Waals surface area contributed by atoms with Gasteiger partial charge in [-0.15, -0.1) is 0 Å². The Hall–Kier alpha value is -3.19. The average Bonchev–Trinajstić information content (AvgIpc) is 3.19. The number of aromatic nitrogens is 2. The fourth-order valence-corrected chi connectivity index (χ4v) is 2.87. The maximum absolute atomic E-state index is 13.0. The number of carbonyl (C=O) groups is 2. The summed E-state index contributed by atoms with van der Waals surface area (Å²) in [5.74, 6) is 0.208. The zero-order valence-corrected chi connectivity index (χ0v) is 18.2. The Morgan fingerprint density at radius 3 is 2.43 bits per heavy atom. The molecule has 0 aliphatic heterocycles. The van der Waals surface area contributed by atoms with Crippen LogP contribution in [0.15, 0.2) is 47.0 Å². The third kappa shape index (κ3) is 4.52. The Morgan fingerprint density at radius 1 is 1.10 bits per heavy atom. The highest BCUT2D eigenvalue weighted by molar-refractivity contribution is 6.34. The van der Waals surface area contributed by atoms with Gasteiger partial charge in [0.15, 0.2) is 5.82 Å². The van der Waals surface area contributed by atoms with E-state index < -0.39 is 5.91 Å². The van der Waals surface area contributed by atoms with Crippen LogP contribution in [0.2, 0.25) is 5.02 Å². The van der Waals surface area contributed by atoms with Gasteiger partial charge in [-0.2, -0.15) is 4.98 Å². The number of amides is 2. The molecule has 0 saturated heterocycles. The summed E-state index contributed by atoms with van der Waals surface area (Å²) in [7, 11) is 3.31. The lowest BCUT2D eigenvalue weighted by Gasteiger charge is -2.13. The van der Waals surface area contributed by atoms with Crippen molar-refractivity contribution in [1.29, 1.82) is 0 Å². The first kappa shape index (κ1) is 21.5. The van der Waals surface area contributed by atoms with Gasteiger partial charge in [0.1, 0.15) is 0 Å². The zero-order valence-electron chi connectivity index (χ0n) is 17.5. The molecule has 30 heavy (non-hydrogen) atoms. The van der Waals surface area contributed by atoms with Gasteiger partial charge in [0.2, 0.25) is 0 Å². The Bertz CT molecular complexity index is 1100. The van der Waals surface area contributed by atoms with E-state index in [9.17, 15) is 9.59 Å². The van der Waals surface area contributed by atoms with Gasteiger partial charge in [0.25, 0.3) is 17.7 Å². The van der Waals surface area contributed by atoms with Crippen LogP contribution in [0.1, 0.15) is 47.3 Å². The molecular weight excluding hydrogens is 404 g/mol. The highest BCUT2D eigenvalue weighted by Gasteiger charge is 2.24. The molecule has 1 aromatic heterocycles. The van der Waals surface area contributed by atoms with Crippen molar-refractivity contribution in [2.45, 2.75) is 26.2 Å². The van der Waals surface area contributed by atoms with Crippen molar-refractivity contribution >= 4 is 29.1 Å². The van der Waals surface area contributed by atoms with Gasteiger partial charge >= 0.3 is 0 Å². The normalized spacial score (nSPS) is 11.3. The van der Waals surface area contributed by atoms with E-state index in [0.29, 0.717) is 33.2 Å². The molecule has 3 aromatic rings. The molecule has 0 unspecified atom stereocenters. The SMILES string of the molecule is CN(C)C(=O)c1ccc(Cl)c(NC(=O)c2ccccc2-c2nc(C(C)(C)C)no2)c1. The summed E-state index contributed by atoms with van der Waals surface area (Å²) < 4.78 is 5.40. The highest BCUT2D eigenvalue weighted by atomic mass is 35.5. The van der Waals surface area contributed by atoms with Crippen LogP contribution in [0.5, 0.6) is 0 Å². The first-order valence-corrected chi connectivity index (χ1v) is 9.72. The number of hydrogen-bond donors (Lipinski definition) is 1. The van der Waals surface area contributed by atoms with Gasteiger partial charge in [-0.3, -0.25) is 9.59 Å². The maximum atomic E-state index is 13.0. The van der Waals surface area contributed by atoms with Crippen LogP contribution in [0.4, 0.5) is 5.69 Å². The van der Waals surface area contributed by atoms with Gasteiger partial charge in [-0.1, -0.05) is 49.7 Å². The second-order valence-corrected chi connectivity index (χ2v) is 8.47. The van der Waals surface area contributed by atoms with Crippen LogP contribution < -0.4 is 5.32 Å². The Labute approximate surface area is 180 Å². The molecule has 0 fully saturated rings. The molecule has 8 heteroatoms. The van der Waals surface area contributed by atoms with Crippen molar-refractivity contribution < 1.29 is 14.1 Å². The second-order valence-electron chi connectivity index (χ2n) is 8.07. The van der Waals surface area contributed by atoms with Crippen molar-refractivity contribution in [2.75, 3.05) is 19.4 Å². The van der Waals surface area contributed by atoms with Gasteiger partial charge < -0.3 is 14.7 Å². The summed E-state index contributed by atoms with van der Waals surface area (Å²) in [6.45, 7) is 5.93. The van der Waals surface area contributed by atoms with Gasteiger partial charge in [0.05, 0.1) is 21.8 Å². The summed E-state index contributed by atoms with van der Waals surface area (Å²) in [6, 6.07) is 11.7. The molecule has 0 aliphatic rings. The van der Waals surface area contributed by atoms with E-state index in [0.717, 1.165) is 0 Å². The van der Waals surface area contributed by atoms with Crippen molar-refractivity contribution in [3.05, 3.63) is 64.4 Å². The van der Waals surface area contributed by atoms with Crippen LogP contribution >= 0.6 is 11.6 Å². The molecule has 0 aliphatic carbocycles. The Kier molecular flexibility index (Phi) is 5.94. The number of anilines is 1. The third-order valence-electron chi connectivity index (χ3n) is 4.37. The van der Waals surface area contributed by atoms with Crippen LogP contribution in [0.3, 0.4) is 0 Å². The second kappa shape index (κ2) is 8.28. The molecule has 3 rings (SSSR count). The van der Waals surface area contributed by atoms with Gasteiger partial charge in [-0.25, -0.2) is 0 Å². The molecule has 1 heterocycles. The van der Waals surface area contributed by atoms with E-state index >= 15 is 0 Å². The van der Waals surface area contributed by atoms with Crippen molar-refractivity contribution in [3.8, 4) is 11.5 Å². The summed E-state index contributed by atoms with van der Waals surface area (Å²) in [5.41, 5.74) is 1.33. The summed E-state index contributed by atoms with van der Waals surface area (Å²) in [5, 5.41) is 7.13. The minimum absolute atomic E-state index is 0.192. The number of benzene rings is 2. The predicted molar refractivity (Wildman–Crippen MR) is 116 cm³/mol. The summed E-state index contributed by atoms with van der Waals surface area (Å²) in [4.78, 5) is 31.1. The smallest absolute Gasteiger partial charge is 0.258 e. The van der Waals surface area contributed by atoms with Crippen molar-refractivity contribution in [2.24, 2.45) is 0 Å². The quantitative estimate of drug-likeness (QED) is 0.656. The first-order chi connectivity index (χ1) is 14.1. The minimum atomic E-state index is -0.405.